The standard InChI is InChI=1S/C33H41Cl2N3O8S/c1-7-9-16-36-33(40)27(8-2)37(20-22-10-11-23(34)17-26(22)35)32(39)21-38(28-18-24(43-3)12-14-29(28)44-4)47(41,42)25-13-15-30(45-5)31(19-25)46-6/h10-15,17-19,27H,7-9,16,20-21H2,1-6H3,(H,36,40)/t27-/m1/s1. The summed E-state index contributed by atoms with van der Waals surface area (Å²) < 4.78 is 51.5. The van der Waals surface area contributed by atoms with Gasteiger partial charge in [-0.1, -0.05) is 49.5 Å². The Morgan fingerprint density at radius 1 is 0.851 bits per heavy atom. The molecule has 0 aliphatic carbocycles. The van der Waals surface area contributed by atoms with E-state index in [2.05, 4.69) is 5.32 Å². The van der Waals surface area contributed by atoms with Gasteiger partial charge in [-0.25, -0.2) is 8.42 Å². The molecule has 0 fully saturated rings. The van der Waals surface area contributed by atoms with Crippen molar-refractivity contribution in [3.05, 3.63) is 70.2 Å². The molecule has 2 amide bonds. The molecule has 0 saturated carbocycles. The van der Waals surface area contributed by atoms with Gasteiger partial charge in [0.2, 0.25) is 11.8 Å². The summed E-state index contributed by atoms with van der Waals surface area (Å²) in [6.07, 6.45) is 1.87. The first-order valence-corrected chi connectivity index (χ1v) is 17.1. The van der Waals surface area contributed by atoms with E-state index in [1.165, 1.54) is 69.7 Å². The monoisotopic (exact) mass is 709 g/mol. The summed E-state index contributed by atoms with van der Waals surface area (Å²) >= 11 is 12.6. The largest absolute Gasteiger partial charge is 0.497 e. The van der Waals surface area contributed by atoms with Crippen LogP contribution in [0.15, 0.2) is 59.5 Å². The SMILES string of the molecule is CCCCNC(=O)[C@@H](CC)N(Cc1ccc(Cl)cc1Cl)C(=O)CN(c1cc(OC)ccc1OC)S(=O)(=O)c1ccc(OC)c(OC)c1. The molecule has 0 aliphatic rings. The number of rotatable bonds is 17. The molecule has 0 bridgehead atoms. The third-order valence-electron chi connectivity index (χ3n) is 7.45. The molecule has 14 heteroatoms. The molecule has 256 valence electrons. The summed E-state index contributed by atoms with van der Waals surface area (Å²) in [5.41, 5.74) is 0.567. The van der Waals surface area contributed by atoms with Gasteiger partial charge in [-0.2, -0.15) is 0 Å². The summed E-state index contributed by atoms with van der Waals surface area (Å²) in [5.74, 6) is -0.0492. The van der Waals surface area contributed by atoms with Gasteiger partial charge in [0.25, 0.3) is 10.0 Å². The first kappa shape index (κ1) is 37.6. The predicted molar refractivity (Wildman–Crippen MR) is 183 cm³/mol. The zero-order valence-corrected chi connectivity index (χ0v) is 29.7. The Kier molecular flexibility index (Phi) is 13.9. The normalized spacial score (nSPS) is 11.7. The first-order valence-electron chi connectivity index (χ1n) is 14.9. The fraction of sp³-hybridized carbons (Fsp3) is 0.394. The molecular formula is C33H41Cl2N3O8S. The van der Waals surface area contributed by atoms with E-state index in [0.717, 1.165) is 17.1 Å². The van der Waals surface area contributed by atoms with Crippen molar-refractivity contribution < 1.29 is 37.0 Å². The number of hydrogen-bond acceptors (Lipinski definition) is 8. The number of unbranched alkanes of at least 4 members (excludes halogenated alkanes) is 1. The van der Waals surface area contributed by atoms with Gasteiger partial charge >= 0.3 is 0 Å². The number of sulfonamides is 1. The Morgan fingerprint density at radius 3 is 2.13 bits per heavy atom. The molecule has 1 N–H and O–H groups in total. The van der Waals surface area contributed by atoms with Crippen molar-refractivity contribution in [1.82, 2.24) is 10.2 Å². The van der Waals surface area contributed by atoms with Gasteiger partial charge in [0, 0.05) is 35.3 Å². The Hall–Kier alpha value is -3.87. The van der Waals surface area contributed by atoms with Crippen molar-refractivity contribution in [2.75, 3.05) is 45.8 Å². The average Bonchev–Trinajstić information content (AvgIpc) is 3.07. The Labute approximate surface area is 286 Å². The summed E-state index contributed by atoms with van der Waals surface area (Å²) in [7, 11) is 1.16. The number of halogens is 2. The minimum atomic E-state index is -4.48. The van der Waals surface area contributed by atoms with Crippen LogP contribution in [-0.2, 0) is 26.2 Å². The zero-order valence-electron chi connectivity index (χ0n) is 27.3. The second-order valence-electron chi connectivity index (χ2n) is 10.4. The number of anilines is 1. The number of amides is 2. The van der Waals surface area contributed by atoms with Gasteiger partial charge in [0.05, 0.1) is 39.0 Å². The van der Waals surface area contributed by atoms with Crippen LogP contribution in [0, 0.1) is 0 Å². The number of benzene rings is 3. The van der Waals surface area contributed by atoms with Crippen LogP contribution in [0.2, 0.25) is 10.0 Å². The summed E-state index contributed by atoms with van der Waals surface area (Å²) in [5, 5.41) is 3.59. The lowest BCUT2D eigenvalue weighted by Crippen LogP contribution is -2.52. The molecule has 0 saturated heterocycles. The second-order valence-corrected chi connectivity index (χ2v) is 13.1. The lowest BCUT2D eigenvalue weighted by atomic mass is 10.1. The highest BCUT2D eigenvalue weighted by molar-refractivity contribution is 7.92. The quantitative estimate of drug-likeness (QED) is 0.171. The van der Waals surface area contributed by atoms with E-state index in [1.807, 2.05) is 6.92 Å². The molecule has 0 aromatic heterocycles. The van der Waals surface area contributed by atoms with Crippen molar-refractivity contribution in [3.63, 3.8) is 0 Å². The molecule has 11 nitrogen and oxygen atoms in total. The third kappa shape index (κ3) is 9.15. The molecule has 3 aromatic rings. The van der Waals surface area contributed by atoms with Crippen LogP contribution in [0.25, 0.3) is 0 Å². The van der Waals surface area contributed by atoms with E-state index < -0.39 is 28.5 Å². The number of nitrogens with zero attached hydrogens (tertiary/aromatic N) is 2. The van der Waals surface area contributed by atoms with Crippen LogP contribution >= 0.6 is 23.2 Å². The maximum Gasteiger partial charge on any atom is 0.265 e. The van der Waals surface area contributed by atoms with Crippen LogP contribution in [-0.4, -0.2) is 72.7 Å². The highest BCUT2D eigenvalue weighted by Gasteiger charge is 2.35. The third-order valence-corrected chi connectivity index (χ3v) is 9.79. The topological polar surface area (TPSA) is 124 Å². The first-order chi connectivity index (χ1) is 22.4. The number of methoxy groups -OCH3 is 4. The smallest absolute Gasteiger partial charge is 0.265 e. The molecule has 47 heavy (non-hydrogen) atoms. The minimum Gasteiger partial charge on any atom is -0.497 e. The number of carbonyl (C=O) groups excluding carboxylic acids is 2. The Balaban J connectivity index is 2.20. The van der Waals surface area contributed by atoms with E-state index >= 15 is 0 Å². The van der Waals surface area contributed by atoms with Crippen molar-refractivity contribution in [2.45, 2.75) is 50.6 Å². The molecule has 0 unspecified atom stereocenters. The van der Waals surface area contributed by atoms with E-state index in [4.69, 9.17) is 42.1 Å². The van der Waals surface area contributed by atoms with Crippen LogP contribution in [0.3, 0.4) is 0 Å². The number of ether oxygens (including phenoxy) is 4. The lowest BCUT2D eigenvalue weighted by Gasteiger charge is -2.33. The van der Waals surface area contributed by atoms with Crippen LogP contribution < -0.4 is 28.6 Å². The second kappa shape index (κ2) is 17.3. The molecule has 0 heterocycles. The van der Waals surface area contributed by atoms with Gasteiger partial charge in [0.15, 0.2) is 11.5 Å². The highest BCUT2D eigenvalue weighted by Crippen LogP contribution is 2.38. The number of carbonyl (C=O) groups is 2. The van der Waals surface area contributed by atoms with Crippen molar-refractivity contribution in [1.29, 1.82) is 0 Å². The van der Waals surface area contributed by atoms with Gasteiger partial charge in [-0.05, 0) is 54.8 Å². The van der Waals surface area contributed by atoms with Crippen molar-refractivity contribution in [3.8, 4) is 23.0 Å². The van der Waals surface area contributed by atoms with Gasteiger partial charge in [-0.15, -0.1) is 0 Å². The predicted octanol–water partition coefficient (Wildman–Crippen LogP) is 5.95. The fourth-order valence-electron chi connectivity index (χ4n) is 4.87. The zero-order chi connectivity index (χ0) is 34.7. The average molecular weight is 711 g/mol. The van der Waals surface area contributed by atoms with E-state index in [9.17, 15) is 18.0 Å². The van der Waals surface area contributed by atoms with Crippen LogP contribution in [0.5, 0.6) is 23.0 Å². The highest BCUT2D eigenvalue weighted by atomic mass is 35.5. The van der Waals surface area contributed by atoms with E-state index in [0.29, 0.717) is 33.7 Å². The van der Waals surface area contributed by atoms with E-state index in [1.54, 1.807) is 25.1 Å². The summed E-state index contributed by atoms with van der Waals surface area (Å²) in [6, 6.07) is 12.6. The van der Waals surface area contributed by atoms with Crippen LogP contribution in [0.1, 0.15) is 38.7 Å². The molecule has 3 aromatic carbocycles. The molecule has 0 radical (unpaired) electrons. The molecule has 3 rings (SSSR count). The maximum absolute atomic E-state index is 14.5. The number of nitrogens with one attached hydrogen (secondary N) is 1. The lowest BCUT2D eigenvalue weighted by molar-refractivity contribution is -0.140. The molecular weight excluding hydrogens is 669 g/mol. The molecule has 0 spiro atoms. The summed E-state index contributed by atoms with van der Waals surface area (Å²) in [4.78, 5) is 29.1. The van der Waals surface area contributed by atoms with Crippen molar-refractivity contribution in [2.24, 2.45) is 0 Å². The number of hydrogen-bond donors (Lipinski definition) is 1. The Bertz CT molecular complexity index is 1650. The van der Waals surface area contributed by atoms with E-state index in [-0.39, 0.29) is 41.0 Å². The fourth-order valence-corrected chi connectivity index (χ4v) is 6.77. The Morgan fingerprint density at radius 2 is 1.53 bits per heavy atom. The molecule has 1 atom stereocenters. The van der Waals surface area contributed by atoms with Crippen LogP contribution in [0.4, 0.5) is 5.69 Å². The van der Waals surface area contributed by atoms with Gasteiger partial charge in [0.1, 0.15) is 24.1 Å². The molecule has 0 aliphatic heterocycles. The van der Waals surface area contributed by atoms with Crippen molar-refractivity contribution >= 4 is 50.7 Å². The van der Waals surface area contributed by atoms with Gasteiger partial charge in [-0.3, -0.25) is 13.9 Å². The minimum absolute atomic E-state index is 0.0416. The maximum atomic E-state index is 14.5. The summed E-state index contributed by atoms with van der Waals surface area (Å²) in [6.45, 7) is 3.41. The van der Waals surface area contributed by atoms with Gasteiger partial charge < -0.3 is 29.2 Å².